The highest BCUT2D eigenvalue weighted by Gasteiger charge is 2.23. The van der Waals surface area contributed by atoms with Crippen molar-refractivity contribution < 1.29 is 14.3 Å². The fraction of sp³-hybridized carbons (Fsp3) is 0.367. The van der Waals surface area contributed by atoms with Crippen LogP contribution in [0.3, 0.4) is 0 Å². The van der Waals surface area contributed by atoms with Crippen molar-refractivity contribution in [2.45, 2.75) is 51.6 Å². The van der Waals surface area contributed by atoms with Gasteiger partial charge in [0.15, 0.2) is 0 Å². The summed E-state index contributed by atoms with van der Waals surface area (Å²) in [7, 11) is 0. The normalized spacial score (nSPS) is 13.1. The average Bonchev–Trinajstić information content (AvgIpc) is 3.42. The molecular weight excluding hydrogens is 506 g/mol. The molecule has 2 aromatic heterocycles. The number of carbonyl (C=O) groups is 1. The van der Waals surface area contributed by atoms with Crippen LogP contribution in [-0.2, 0) is 35.3 Å². The minimum Gasteiger partial charge on any atom is -0.494 e. The van der Waals surface area contributed by atoms with E-state index in [2.05, 4.69) is 38.3 Å². The molecule has 5 rings (SSSR count). The molecule has 0 amide bonds. The van der Waals surface area contributed by atoms with Crippen molar-refractivity contribution in [3.63, 3.8) is 0 Å². The van der Waals surface area contributed by atoms with Crippen LogP contribution < -0.4 is 15.4 Å². The minimum absolute atomic E-state index is 0.288. The number of rotatable bonds is 13. The first-order valence-electron chi connectivity index (χ1n) is 13.9. The monoisotopic (exact) mass is 541 g/mol. The smallest absolute Gasteiger partial charge is 0.328 e. The summed E-state index contributed by atoms with van der Waals surface area (Å²) in [6.45, 7) is 4.15. The maximum atomic E-state index is 12.8. The third kappa shape index (κ3) is 7.34. The van der Waals surface area contributed by atoms with Gasteiger partial charge in [0, 0.05) is 18.7 Å². The molecule has 4 aromatic rings. The number of hydrogen-bond acceptors (Lipinski definition) is 9. The van der Waals surface area contributed by atoms with Crippen molar-refractivity contribution >= 4 is 17.7 Å². The number of nitrogens with one attached hydrogen (secondary N) is 2. The number of aryl methyl sites for hydroxylation is 2. The highest BCUT2D eigenvalue weighted by molar-refractivity contribution is 5.79. The number of tetrazole rings is 1. The van der Waals surface area contributed by atoms with Crippen molar-refractivity contribution in [2.24, 2.45) is 0 Å². The van der Waals surface area contributed by atoms with Crippen molar-refractivity contribution in [3.8, 4) is 5.75 Å². The Kier molecular flexibility index (Phi) is 9.18. The fourth-order valence-corrected chi connectivity index (χ4v) is 4.67. The Balaban J connectivity index is 1.14. The Bertz CT molecular complexity index is 1380. The maximum Gasteiger partial charge on any atom is 0.328 e. The molecule has 1 atom stereocenters. The van der Waals surface area contributed by atoms with Crippen LogP contribution in [0.25, 0.3) is 0 Å². The highest BCUT2D eigenvalue weighted by atomic mass is 16.5. The summed E-state index contributed by atoms with van der Waals surface area (Å²) >= 11 is 0. The number of aromatic nitrogens is 5. The van der Waals surface area contributed by atoms with Gasteiger partial charge in [-0.3, -0.25) is 0 Å². The molecule has 0 saturated heterocycles. The second-order valence-corrected chi connectivity index (χ2v) is 9.74. The zero-order chi connectivity index (χ0) is 27.6. The minimum atomic E-state index is -0.647. The number of hydrogen-bond donors (Lipinski definition) is 2. The number of esters is 1. The lowest BCUT2D eigenvalue weighted by Crippen LogP contribution is -2.34. The van der Waals surface area contributed by atoms with E-state index in [1.54, 1.807) is 11.6 Å². The molecule has 0 fully saturated rings. The number of pyridine rings is 1. The van der Waals surface area contributed by atoms with Gasteiger partial charge in [-0.15, -0.1) is 0 Å². The standard InChI is InChI=1S/C30H35N7O3/c1-2-39-29(38)27(33-30-34-35-36-37(30)21-23-8-4-3-5-9-23)20-22-12-16-26(17-13-22)40-19-7-11-25-15-14-24-10-6-18-31-28(24)32-25/h3-5,8-9,12-17,27H,2,6-7,10-11,18-21H2,1H3,(H,31,32)(H,33,34,36). The highest BCUT2D eigenvalue weighted by Crippen LogP contribution is 2.21. The Morgan fingerprint density at radius 2 is 1.93 bits per heavy atom. The van der Waals surface area contributed by atoms with Gasteiger partial charge in [-0.1, -0.05) is 53.6 Å². The molecule has 1 aliphatic heterocycles. The van der Waals surface area contributed by atoms with Crippen LogP contribution in [0.1, 0.15) is 42.1 Å². The SMILES string of the molecule is CCOC(=O)C(Cc1ccc(OCCCc2ccc3c(n2)NCCC3)cc1)Nc1nnnn1Cc1ccccc1. The lowest BCUT2D eigenvalue weighted by Gasteiger charge is -2.18. The summed E-state index contributed by atoms with van der Waals surface area (Å²) in [4.78, 5) is 17.5. The number of fused-ring (bicyclic) bond motifs is 1. The van der Waals surface area contributed by atoms with E-state index in [0.29, 0.717) is 25.5 Å². The molecule has 1 unspecified atom stereocenters. The first-order chi connectivity index (χ1) is 19.7. The van der Waals surface area contributed by atoms with Crippen LogP contribution >= 0.6 is 0 Å². The molecule has 10 heteroatoms. The number of nitrogens with zero attached hydrogens (tertiary/aromatic N) is 5. The number of anilines is 2. The van der Waals surface area contributed by atoms with Crippen LogP contribution in [0, 0.1) is 0 Å². The van der Waals surface area contributed by atoms with Gasteiger partial charge in [-0.2, -0.15) is 0 Å². The Labute approximate surface area is 234 Å². The van der Waals surface area contributed by atoms with E-state index in [0.717, 1.165) is 60.6 Å². The largest absolute Gasteiger partial charge is 0.494 e. The summed E-state index contributed by atoms with van der Waals surface area (Å²) in [6, 6.07) is 21.3. The Morgan fingerprint density at radius 3 is 2.75 bits per heavy atom. The number of ether oxygens (including phenoxy) is 2. The molecule has 0 aliphatic carbocycles. The van der Waals surface area contributed by atoms with Gasteiger partial charge in [0.1, 0.15) is 17.6 Å². The Hall–Kier alpha value is -4.47. The van der Waals surface area contributed by atoms with Crippen molar-refractivity contribution in [1.29, 1.82) is 0 Å². The Morgan fingerprint density at radius 1 is 1.07 bits per heavy atom. The first-order valence-corrected chi connectivity index (χ1v) is 13.9. The van der Waals surface area contributed by atoms with E-state index >= 15 is 0 Å². The maximum absolute atomic E-state index is 12.8. The quantitative estimate of drug-likeness (QED) is 0.191. The van der Waals surface area contributed by atoms with Crippen LogP contribution in [0.2, 0.25) is 0 Å². The predicted octanol–water partition coefficient (Wildman–Crippen LogP) is 4.07. The third-order valence-electron chi connectivity index (χ3n) is 6.74. The van der Waals surface area contributed by atoms with Crippen LogP contribution in [-0.4, -0.2) is 57.0 Å². The van der Waals surface area contributed by atoms with Gasteiger partial charge in [0.05, 0.1) is 19.8 Å². The van der Waals surface area contributed by atoms with Crippen LogP contribution in [0.5, 0.6) is 5.75 Å². The molecular formula is C30H35N7O3. The molecule has 0 radical (unpaired) electrons. The summed E-state index contributed by atoms with van der Waals surface area (Å²) < 4.78 is 12.9. The molecule has 10 nitrogen and oxygen atoms in total. The van der Waals surface area contributed by atoms with Gasteiger partial charge in [0.25, 0.3) is 0 Å². The molecule has 208 valence electrons. The summed E-state index contributed by atoms with van der Waals surface area (Å²) in [5.74, 6) is 1.87. The second-order valence-electron chi connectivity index (χ2n) is 9.74. The van der Waals surface area contributed by atoms with E-state index in [-0.39, 0.29) is 12.6 Å². The van der Waals surface area contributed by atoms with Crippen LogP contribution in [0.4, 0.5) is 11.8 Å². The second kappa shape index (κ2) is 13.5. The first kappa shape index (κ1) is 27.1. The van der Waals surface area contributed by atoms with Crippen molar-refractivity contribution in [3.05, 3.63) is 89.1 Å². The number of carbonyl (C=O) groups excluding carboxylic acids is 1. The lowest BCUT2D eigenvalue weighted by atomic mass is 10.1. The molecule has 0 saturated carbocycles. The molecule has 3 heterocycles. The van der Waals surface area contributed by atoms with Gasteiger partial charge in [-0.05, 0) is 77.9 Å². The van der Waals surface area contributed by atoms with E-state index in [1.165, 1.54) is 5.56 Å². The van der Waals surface area contributed by atoms with E-state index < -0.39 is 6.04 Å². The topological polar surface area (TPSA) is 116 Å². The molecule has 2 aromatic carbocycles. The van der Waals surface area contributed by atoms with Gasteiger partial charge in [0.2, 0.25) is 5.95 Å². The van der Waals surface area contributed by atoms with Crippen LogP contribution in [0.15, 0.2) is 66.7 Å². The van der Waals surface area contributed by atoms with E-state index in [9.17, 15) is 4.79 Å². The predicted molar refractivity (Wildman–Crippen MR) is 152 cm³/mol. The third-order valence-corrected chi connectivity index (χ3v) is 6.74. The molecule has 0 spiro atoms. The summed E-state index contributed by atoms with van der Waals surface area (Å²) in [6.07, 6.45) is 4.41. The van der Waals surface area contributed by atoms with Gasteiger partial charge in [-0.25, -0.2) is 14.5 Å². The van der Waals surface area contributed by atoms with Crippen molar-refractivity contribution in [2.75, 3.05) is 30.4 Å². The number of benzene rings is 2. The zero-order valence-corrected chi connectivity index (χ0v) is 22.8. The molecule has 40 heavy (non-hydrogen) atoms. The summed E-state index contributed by atoms with van der Waals surface area (Å²) in [5.41, 5.74) is 4.40. The average molecular weight is 542 g/mol. The van der Waals surface area contributed by atoms with Gasteiger partial charge < -0.3 is 20.1 Å². The van der Waals surface area contributed by atoms with E-state index in [4.69, 9.17) is 14.5 Å². The molecule has 0 bridgehead atoms. The van der Waals surface area contributed by atoms with E-state index in [1.807, 2.05) is 54.6 Å². The fourth-order valence-electron chi connectivity index (χ4n) is 4.67. The van der Waals surface area contributed by atoms with Crippen molar-refractivity contribution in [1.82, 2.24) is 25.2 Å². The molecule has 1 aliphatic rings. The molecule has 2 N–H and O–H groups in total. The van der Waals surface area contributed by atoms with Gasteiger partial charge >= 0.3 is 5.97 Å². The lowest BCUT2D eigenvalue weighted by molar-refractivity contribution is -0.144. The zero-order valence-electron chi connectivity index (χ0n) is 22.8. The summed E-state index contributed by atoms with van der Waals surface area (Å²) in [5, 5.41) is 18.5.